The van der Waals surface area contributed by atoms with Crippen LogP contribution < -0.4 is 5.84 Å². The van der Waals surface area contributed by atoms with Gasteiger partial charge in [0.15, 0.2) is 5.82 Å². The average molecular weight is 331 g/mol. The maximum Gasteiger partial charge on any atom is 0.233 e. The normalized spacial score (nSPS) is 15.4. The molecule has 1 saturated heterocycles. The predicted molar refractivity (Wildman–Crippen MR) is 91.4 cm³/mol. The third-order valence-corrected chi connectivity index (χ3v) is 4.91. The second-order valence-electron chi connectivity index (χ2n) is 5.63. The highest BCUT2D eigenvalue weighted by Gasteiger charge is 2.18. The first-order valence-corrected chi connectivity index (χ1v) is 8.91. The number of rotatable bonds is 4. The van der Waals surface area contributed by atoms with Crippen molar-refractivity contribution in [2.45, 2.75) is 30.8 Å². The lowest BCUT2D eigenvalue weighted by Gasteiger charge is -2.19. The monoisotopic (exact) mass is 331 g/mol. The second kappa shape index (κ2) is 7.50. The second-order valence-corrected chi connectivity index (χ2v) is 6.57. The van der Waals surface area contributed by atoms with Crippen molar-refractivity contribution >= 4 is 17.7 Å². The van der Waals surface area contributed by atoms with Gasteiger partial charge in [0.1, 0.15) is 0 Å². The Morgan fingerprint density at radius 3 is 2.48 bits per heavy atom. The molecule has 1 aromatic carbocycles. The van der Waals surface area contributed by atoms with Gasteiger partial charge in [0.2, 0.25) is 11.1 Å². The molecule has 6 nitrogen and oxygen atoms in total. The van der Waals surface area contributed by atoms with Crippen LogP contribution in [0, 0.1) is 0 Å². The maximum absolute atomic E-state index is 12.3. The molecule has 7 heteroatoms. The molecule has 1 amide bonds. The molecule has 0 bridgehead atoms. The van der Waals surface area contributed by atoms with Crippen LogP contribution >= 0.6 is 11.8 Å². The molecule has 0 aliphatic carbocycles. The summed E-state index contributed by atoms with van der Waals surface area (Å²) in [6.45, 7) is 1.73. The number of nitrogens with two attached hydrogens (primary N) is 1. The number of likely N-dealkylation sites (tertiary alicyclic amines) is 1. The Labute approximate surface area is 140 Å². The molecule has 1 fully saturated rings. The number of nitrogens with zero attached hydrogens (tertiary/aromatic N) is 4. The molecule has 0 unspecified atom stereocenters. The summed E-state index contributed by atoms with van der Waals surface area (Å²) in [5.74, 6) is 7.18. The first kappa shape index (κ1) is 15.9. The highest BCUT2D eigenvalue weighted by atomic mass is 32.2. The quantitative estimate of drug-likeness (QED) is 0.686. The summed E-state index contributed by atoms with van der Waals surface area (Å²) in [6, 6.07) is 9.67. The molecule has 2 N–H and O–H groups in total. The van der Waals surface area contributed by atoms with Crippen LogP contribution in [0.1, 0.15) is 25.7 Å². The van der Waals surface area contributed by atoms with E-state index >= 15 is 0 Å². The first-order valence-electron chi connectivity index (χ1n) is 7.92. The maximum atomic E-state index is 12.3. The zero-order chi connectivity index (χ0) is 16.1. The highest BCUT2D eigenvalue weighted by molar-refractivity contribution is 7.99. The van der Waals surface area contributed by atoms with Gasteiger partial charge in [0, 0.05) is 18.7 Å². The van der Waals surface area contributed by atoms with Crippen LogP contribution in [0.2, 0.25) is 0 Å². The van der Waals surface area contributed by atoms with Gasteiger partial charge in [-0.05, 0) is 12.8 Å². The Morgan fingerprint density at radius 1 is 1.09 bits per heavy atom. The number of aromatic nitrogens is 3. The van der Waals surface area contributed by atoms with Crippen molar-refractivity contribution in [3.63, 3.8) is 0 Å². The van der Waals surface area contributed by atoms with Crippen LogP contribution in [-0.4, -0.2) is 44.5 Å². The van der Waals surface area contributed by atoms with E-state index in [1.54, 1.807) is 0 Å². The molecule has 1 aromatic heterocycles. The molecule has 23 heavy (non-hydrogen) atoms. The van der Waals surface area contributed by atoms with Gasteiger partial charge >= 0.3 is 0 Å². The molecule has 0 spiro atoms. The lowest BCUT2D eigenvalue weighted by molar-refractivity contribution is -0.128. The lowest BCUT2D eigenvalue weighted by Crippen LogP contribution is -2.33. The van der Waals surface area contributed by atoms with Crippen molar-refractivity contribution < 1.29 is 4.79 Å². The van der Waals surface area contributed by atoms with Crippen molar-refractivity contribution in [2.75, 3.05) is 24.7 Å². The van der Waals surface area contributed by atoms with Gasteiger partial charge < -0.3 is 10.7 Å². The van der Waals surface area contributed by atoms with Crippen LogP contribution in [0.25, 0.3) is 11.4 Å². The minimum atomic E-state index is 0.154. The molecular weight excluding hydrogens is 310 g/mol. The Morgan fingerprint density at radius 2 is 1.78 bits per heavy atom. The molecule has 1 aliphatic rings. The van der Waals surface area contributed by atoms with Crippen molar-refractivity contribution in [1.29, 1.82) is 0 Å². The minimum absolute atomic E-state index is 0.154. The summed E-state index contributed by atoms with van der Waals surface area (Å²) in [4.78, 5) is 14.3. The lowest BCUT2D eigenvalue weighted by atomic mass is 10.2. The summed E-state index contributed by atoms with van der Waals surface area (Å²) in [5, 5.41) is 8.80. The van der Waals surface area contributed by atoms with E-state index in [1.165, 1.54) is 29.3 Å². The molecule has 3 rings (SSSR count). The van der Waals surface area contributed by atoms with Crippen LogP contribution in [0.5, 0.6) is 0 Å². The van der Waals surface area contributed by atoms with E-state index < -0.39 is 0 Å². The fourth-order valence-corrected chi connectivity index (χ4v) is 3.46. The van der Waals surface area contributed by atoms with Gasteiger partial charge in [-0.25, -0.2) is 4.68 Å². The van der Waals surface area contributed by atoms with E-state index in [-0.39, 0.29) is 5.91 Å². The number of benzene rings is 1. The van der Waals surface area contributed by atoms with Crippen molar-refractivity contribution in [1.82, 2.24) is 19.8 Å². The fraction of sp³-hybridized carbons (Fsp3) is 0.438. The van der Waals surface area contributed by atoms with E-state index in [1.807, 2.05) is 35.2 Å². The van der Waals surface area contributed by atoms with E-state index in [4.69, 9.17) is 5.84 Å². The Bertz CT molecular complexity index is 650. The van der Waals surface area contributed by atoms with Gasteiger partial charge in [-0.15, -0.1) is 10.2 Å². The molecule has 0 atom stereocenters. The SMILES string of the molecule is Nn1c(SCC(=O)N2CCCCCC2)nnc1-c1ccccc1. The number of hydrogen-bond acceptors (Lipinski definition) is 5. The number of amides is 1. The predicted octanol–water partition coefficient (Wildman–Crippen LogP) is 2.15. The first-order chi connectivity index (χ1) is 11.3. The van der Waals surface area contributed by atoms with Crippen LogP contribution in [0.3, 0.4) is 0 Å². The number of carbonyl (C=O) groups excluding carboxylic acids is 1. The summed E-state index contributed by atoms with van der Waals surface area (Å²) in [5.41, 5.74) is 0.910. The molecule has 2 aromatic rings. The fourth-order valence-electron chi connectivity index (χ4n) is 2.70. The van der Waals surface area contributed by atoms with Crippen molar-refractivity contribution in [3.8, 4) is 11.4 Å². The van der Waals surface area contributed by atoms with E-state index in [2.05, 4.69) is 10.2 Å². The van der Waals surface area contributed by atoms with Crippen molar-refractivity contribution in [2.24, 2.45) is 0 Å². The summed E-state index contributed by atoms with van der Waals surface area (Å²) in [6.07, 6.45) is 4.63. The summed E-state index contributed by atoms with van der Waals surface area (Å²) >= 11 is 1.34. The average Bonchev–Trinajstić information content (AvgIpc) is 2.79. The molecule has 1 aliphatic heterocycles. The molecular formula is C16H21N5OS. The molecule has 0 saturated carbocycles. The van der Waals surface area contributed by atoms with Crippen LogP contribution in [0.4, 0.5) is 0 Å². The Balaban J connectivity index is 1.62. The number of hydrogen-bond donors (Lipinski definition) is 1. The molecule has 122 valence electrons. The van der Waals surface area contributed by atoms with Gasteiger partial charge in [-0.2, -0.15) is 0 Å². The van der Waals surface area contributed by atoms with Gasteiger partial charge in [0.25, 0.3) is 0 Å². The van der Waals surface area contributed by atoms with Gasteiger partial charge in [-0.1, -0.05) is 54.9 Å². The van der Waals surface area contributed by atoms with Crippen LogP contribution in [0.15, 0.2) is 35.5 Å². The summed E-state index contributed by atoms with van der Waals surface area (Å²) in [7, 11) is 0. The standard InChI is InChI=1S/C16H21N5OS/c17-21-15(13-8-4-3-5-9-13)18-19-16(21)23-12-14(22)20-10-6-1-2-7-11-20/h3-5,8-9H,1-2,6-7,10-12,17H2. The third-order valence-electron chi connectivity index (χ3n) is 3.98. The Hall–Kier alpha value is -2.02. The molecule has 0 radical (unpaired) electrons. The van der Waals surface area contributed by atoms with Crippen LogP contribution in [-0.2, 0) is 4.79 Å². The molecule has 2 heterocycles. The van der Waals surface area contributed by atoms with Crippen molar-refractivity contribution in [3.05, 3.63) is 30.3 Å². The smallest absolute Gasteiger partial charge is 0.233 e. The highest BCUT2D eigenvalue weighted by Crippen LogP contribution is 2.22. The number of carbonyl (C=O) groups is 1. The topological polar surface area (TPSA) is 77.0 Å². The number of thioether (sulfide) groups is 1. The van der Waals surface area contributed by atoms with E-state index in [0.29, 0.717) is 16.7 Å². The zero-order valence-electron chi connectivity index (χ0n) is 13.0. The van der Waals surface area contributed by atoms with E-state index in [0.717, 1.165) is 31.5 Å². The van der Waals surface area contributed by atoms with Gasteiger partial charge in [-0.3, -0.25) is 4.79 Å². The van der Waals surface area contributed by atoms with E-state index in [9.17, 15) is 4.79 Å². The largest absolute Gasteiger partial charge is 0.342 e. The van der Waals surface area contributed by atoms with Gasteiger partial charge in [0.05, 0.1) is 5.75 Å². The number of nitrogen functional groups attached to an aromatic ring is 1. The minimum Gasteiger partial charge on any atom is -0.342 e. The zero-order valence-corrected chi connectivity index (χ0v) is 13.8. The summed E-state index contributed by atoms with van der Waals surface area (Å²) < 4.78 is 1.45. The Kier molecular flexibility index (Phi) is 5.17. The third kappa shape index (κ3) is 3.85.